The number of nitrogens with zero attached hydrogens (tertiary/aromatic N) is 5. The van der Waals surface area contributed by atoms with Gasteiger partial charge in [0.2, 0.25) is 5.82 Å². The van der Waals surface area contributed by atoms with E-state index in [-0.39, 0.29) is 0 Å². The maximum absolute atomic E-state index is 5.18. The van der Waals surface area contributed by atoms with Crippen LogP contribution in [0.1, 0.15) is 21.8 Å². The molecule has 0 unspecified atom stereocenters. The third kappa shape index (κ3) is 4.89. The van der Waals surface area contributed by atoms with Gasteiger partial charge in [-0.1, -0.05) is 30.2 Å². The maximum Gasteiger partial charge on any atom is 0.204 e. The normalized spacial score (nSPS) is 10.5. The first-order valence-electron chi connectivity index (χ1n) is 9.20. The number of hydrogen-bond acceptors (Lipinski definition) is 7. The Morgan fingerprint density at radius 3 is 2.73 bits per heavy atom. The minimum Gasteiger partial charge on any atom is -0.497 e. The van der Waals surface area contributed by atoms with Crippen molar-refractivity contribution in [2.75, 3.05) is 14.2 Å². The van der Waals surface area contributed by atoms with Gasteiger partial charge in [-0.05, 0) is 41.0 Å². The fraction of sp³-hybridized carbons (Fsp3) is 0.182. The first-order valence-corrected chi connectivity index (χ1v) is 10.1. The molecule has 4 aromatic rings. The molecular weight excluding hydrogens is 398 g/mol. The van der Waals surface area contributed by atoms with Crippen molar-refractivity contribution in [1.29, 1.82) is 0 Å². The third-order valence-corrected chi connectivity index (χ3v) is 5.02. The Bertz CT molecular complexity index is 1190. The Kier molecular flexibility index (Phi) is 6.13. The molecule has 0 aliphatic carbocycles. The Labute approximate surface area is 178 Å². The molecule has 0 aliphatic rings. The highest BCUT2D eigenvalue weighted by Gasteiger charge is 2.07. The summed E-state index contributed by atoms with van der Waals surface area (Å²) >= 11 is 1.51. The van der Waals surface area contributed by atoms with Crippen molar-refractivity contribution in [2.45, 2.75) is 13.2 Å². The lowest BCUT2D eigenvalue weighted by atomic mass is 10.1. The van der Waals surface area contributed by atoms with Gasteiger partial charge in [-0.25, -0.2) is 4.98 Å². The van der Waals surface area contributed by atoms with Crippen LogP contribution < -0.4 is 4.74 Å². The molecule has 30 heavy (non-hydrogen) atoms. The molecule has 0 fully saturated rings. The van der Waals surface area contributed by atoms with Gasteiger partial charge in [-0.3, -0.25) is 0 Å². The smallest absolute Gasteiger partial charge is 0.204 e. The van der Waals surface area contributed by atoms with Crippen LogP contribution in [0.5, 0.6) is 5.75 Å². The van der Waals surface area contributed by atoms with Gasteiger partial charge in [0, 0.05) is 23.6 Å². The molecule has 150 valence electrons. The van der Waals surface area contributed by atoms with Crippen LogP contribution >= 0.6 is 11.3 Å². The van der Waals surface area contributed by atoms with Gasteiger partial charge in [-0.2, -0.15) is 4.80 Å². The van der Waals surface area contributed by atoms with Gasteiger partial charge < -0.3 is 9.47 Å². The number of rotatable bonds is 6. The molecule has 0 N–H and O–H groups in total. The van der Waals surface area contributed by atoms with E-state index in [0.717, 1.165) is 33.1 Å². The average molecular weight is 417 g/mol. The van der Waals surface area contributed by atoms with Gasteiger partial charge >= 0.3 is 0 Å². The van der Waals surface area contributed by atoms with Crippen molar-refractivity contribution < 1.29 is 9.47 Å². The van der Waals surface area contributed by atoms with Crippen molar-refractivity contribution in [1.82, 2.24) is 25.2 Å². The number of hydrogen-bond donors (Lipinski definition) is 0. The monoisotopic (exact) mass is 417 g/mol. The third-order valence-electron chi connectivity index (χ3n) is 4.21. The maximum atomic E-state index is 5.18. The average Bonchev–Trinajstić information content (AvgIpc) is 3.43. The van der Waals surface area contributed by atoms with E-state index in [1.165, 1.54) is 11.3 Å². The van der Waals surface area contributed by atoms with Crippen molar-refractivity contribution in [3.8, 4) is 29.0 Å². The molecule has 0 atom stereocenters. The van der Waals surface area contributed by atoms with Crippen LogP contribution in [0.15, 0.2) is 53.9 Å². The molecule has 0 bridgehead atoms. The highest BCUT2D eigenvalue weighted by molar-refractivity contribution is 7.10. The molecule has 0 aliphatic heterocycles. The van der Waals surface area contributed by atoms with Crippen LogP contribution in [-0.2, 0) is 17.9 Å². The number of ether oxygens (including phenoxy) is 2. The molecule has 0 spiro atoms. The molecule has 2 heterocycles. The minimum atomic E-state index is 0.492. The highest BCUT2D eigenvalue weighted by atomic mass is 32.1. The molecule has 0 saturated carbocycles. The van der Waals surface area contributed by atoms with Crippen LogP contribution in [0.2, 0.25) is 0 Å². The fourth-order valence-electron chi connectivity index (χ4n) is 2.76. The lowest BCUT2D eigenvalue weighted by molar-refractivity contribution is 0.182. The molecule has 7 nitrogen and oxygen atoms in total. The summed E-state index contributed by atoms with van der Waals surface area (Å²) in [5.74, 6) is 7.62. The van der Waals surface area contributed by atoms with Crippen molar-refractivity contribution in [3.63, 3.8) is 0 Å². The number of methoxy groups -OCH3 is 2. The number of thiazole rings is 1. The second-order valence-electron chi connectivity index (χ2n) is 6.40. The van der Waals surface area contributed by atoms with Gasteiger partial charge in [0.15, 0.2) is 5.01 Å². The Hall–Kier alpha value is -3.54. The van der Waals surface area contributed by atoms with Crippen LogP contribution in [0.3, 0.4) is 0 Å². The molecule has 0 radical (unpaired) electrons. The summed E-state index contributed by atoms with van der Waals surface area (Å²) in [4.78, 5) is 6.00. The largest absolute Gasteiger partial charge is 0.497 e. The quantitative estimate of drug-likeness (QED) is 0.448. The van der Waals surface area contributed by atoms with Crippen LogP contribution in [0.25, 0.3) is 11.4 Å². The van der Waals surface area contributed by atoms with Crippen molar-refractivity contribution in [2.24, 2.45) is 0 Å². The van der Waals surface area contributed by atoms with E-state index >= 15 is 0 Å². The van der Waals surface area contributed by atoms with Crippen molar-refractivity contribution >= 4 is 11.3 Å². The standard InChI is InChI=1S/C22H19N5O2S/c1-28-14-19-15-30-21(23-19)11-8-16-4-3-5-18(12-16)22-24-26-27(25-22)13-17-6-9-20(29-2)10-7-17/h3-7,9-10,12,15H,13-14H2,1-2H3. The summed E-state index contributed by atoms with van der Waals surface area (Å²) < 4.78 is 10.3. The lowest BCUT2D eigenvalue weighted by Crippen LogP contribution is -2.04. The van der Waals surface area contributed by atoms with E-state index in [2.05, 4.69) is 32.2 Å². The van der Waals surface area contributed by atoms with Crippen LogP contribution in [0, 0.1) is 11.8 Å². The molecule has 8 heteroatoms. The Balaban J connectivity index is 1.48. The van der Waals surface area contributed by atoms with Crippen LogP contribution in [0.4, 0.5) is 0 Å². The molecule has 0 saturated heterocycles. The van der Waals surface area contributed by atoms with E-state index in [4.69, 9.17) is 9.47 Å². The summed E-state index contributed by atoms with van der Waals surface area (Å²) in [5, 5.41) is 15.6. The second kappa shape index (κ2) is 9.31. The first-order chi connectivity index (χ1) is 14.7. The fourth-order valence-corrected chi connectivity index (χ4v) is 3.41. The highest BCUT2D eigenvalue weighted by Crippen LogP contribution is 2.17. The van der Waals surface area contributed by atoms with Gasteiger partial charge in [-0.15, -0.1) is 21.5 Å². The van der Waals surface area contributed by atoms with Crippen LogP contribution in [-0.4, -0.2) is 39.4 Å². The van der Waals surface area contributed by atoms with E-state index in [0.29, 0.717) is 19.0 Å². The molecule has 2 aromatic heterocycles. The number of tetrazole rings is 1. The second-order valence-corrected chi connectivity index (χ2v) is 7.26. The molecule has 2 aromatic carbocycles. The van der Waals surface area contributed by atoms with Crippen molar-refractivity contribution in [3.05, 3.63) is 75.7 Å². The zero-order valence-electron chi connectivity index (χ0n) is 16.6. The zero-order valence-corrected chi connectivity index (χ0v) is 17.4. The molecular formula is C22H19N5O2S. The number of benzene rings is 2. The summed E-state index contributed by atoms with van der Waals surface area (Å²) in [5.41, 5.74) is 3.68. The Morgan fingerprint density at radius 1 is 1.07 bits per heavy atom. The summed E-state index contributed by atoms with van der Waals surface area (Å²) in [7, 11) is 3.30. The van der Waals surface area contributed by atoms with E-state index in [1.807, 2.05) is 53.9 Å². The van der Waals surface area contributed by atoms with E-state index in [1.54, 1.807) is 19.0 Å². The topological polar surface area (TPSA) is 75.0 Å². The summed E-state index contributed by atoms with van der Waals surface area (Å²) in [6.07, 6.45) is 0. The van der Waals surface area contributed by atoms with Gasteiger partial charge in [0.25, 0.3) is 0 Å². The molecule has 4 rings (SSSR count). The predicted octanol–water partition coefficient (Wildman–Crippen LogP) is 3.40. The minimum absolute atomic E-state index is 0.492. The lowest BCUT2D eigenvalue weighted by Gasteiger charge is -2.02. The summed E-state index contributed by atoms with van der Waals surface area (Å²) in [6.45, 7) is 1.02. The summed E-state index contributed by atoms with van der Waals surface area (Å²) in [6, 6.07) is 15.6. The number of aromatic nitrogens is 5. The van der Waals surface area contributed by atoms with E-state index in [9.17, 15) is 0 Å². The van der Waals surface area contributed by atoms with E-state index < -0.39 is 0 Å². The molecule has 0 amide bonds. The van der Waals surface area contributed by atoms with Gasteiger partial charge in [0.1, 0.15) is 5.75 Å². The SMILES string of the molecule is COCc1csc(C#Cc2cccc(-c3nnn(Cc4ccc(OC)cc4)n3)c2)n1. The zero-order chi connectivity index (χ0) is 20.8. The Morgan fingerprint density at radius 2 is 1.93 bits per heavy atom. The van der Waals surface area contributed by atoms with Gasteiger partial charge in [0.05, 0.1) is 26.0 Å². The first kappa shape index (κ1) is 19.8. The predicted molar refractivity (Wildman–Crippen MR) is 114 cm³/mol.